The molecule has 32 heavy (non-hydrogen) atoms. The van der Waals surface area contributed by atoms with E-state index >= 15 is 0 Å². The van der Waals surface area contributed by atoms with Gasteiger partial charge in [-0.25, -0.2) is 19.0 Å². The Morgan fingerprint density at radius 1 is 1.22 bits per heavy atom. The monoisotopic (exact) mass is 455 g/mol. The van der Waals surface area contributed by atoms with Crippen molar-refractivity contribution >= 4 is 45.1 Å². The van der Waals surface area contributed by atoms with Crippen LogP contribution in [0.25, 0.3) is 11.1 Å². The Hall–Kier alpha value is -3.79. The Balaban J connectivity index is 1.49. The molecule has 10 heteroatoms. The summed E-state index contributed by atoms with van der Waals surface area (Å²) in [7, 11) is 0. The molecule has 1 amide bonds. The van der Waals surface area contributed by atoms with Gasteiger partial charge in [0.2, 0.25) is 5.91 Å². The lowest BCUT2D eigenvalue weighted by atomic mass is 10.3. The van der Waals surface area contributed by atoms with Gasteiger partial charge in [-0.3, -0.25) is 14.3 Å². The Morgan fingerprint density at radius 2 is 1.94 bits per heavy atom. The van der Waals surface area contributed by atoms with Crippen LogP contribution >= 0.6 is 11.3 Å². The van der Waals surface area contributed by atoms with Crippen molar-refractivity contribution in [2.75, 3.05) is 4.90 Å². The first kappa shape index (κ1) is 21.4. The van der Waals surface area contributed by atoms with Crippen LogP contribution in [0.4, 0.5) is 15.2 Å². The summed E-state index contributed by atoms with van der Waals surface area (Å²) in [6.07, 6.45) is 0. The minimum atomic E-state index is -0.920. The molecule has 2 heterocycles. The highest BCUT2D eigenvalue weighted by Crippen LogP contribution is 2.31. The van der Waals surface area contributed by atoms with Gasteiger partial charge in [-0.2, -0.15) is 0 Å². The summed E-state index contributed by atoms with van der Waals surface area (Å²) in [5.74, 6) is -2.27. The third kappa shape index (κ3) is 4.04. The molecule has 0 fully saturated rings. The summed E-state index contributed by atoms with van der Waals surface area (Å²) in [6, 6.07) is 11.7. The molecule has 8 nitrogen and oxygen atoms in total. The Morgan fingerprint density at radius 3 is 2.69 bits per heavy atom. The number of fused-ring (bicyclic) bond motifs is 1. The fourth-order valence-corrected chi connectivity index (χ4v) is 4.09. The number of benzene rings is 2. The van der Waals surface area contributed by atoms with Gasteiger partial charge < -0.3 is 9.15 Å². The van der Waals surface area contributed by atoms with E-state index in [4.69, 9.17) is 9.15 Å². The molecule has 0 aliphatic heterocycles. The van der Waals surface area contributed by atoms with E-state index in [2.05, 4.69) is 4.98 Å². The van der Waals surface area contributed by atoms with Gasteiger partial charge in [0.25, 0.3) is 0 Å². The number of hydrogen-bond donors (Lipinski definition) is 0. The Bertz CT molecular complexity index is 1360. The number of para-hydroxylation sites is 3. The number of ether oxygens (including phenoxy) is 1. The van der Waals surface area contributed by atoms with E-state index in [-0.39, 0.29) is 17.4 Å². The lowest BCUT2D eigenvalue weighted by Gasteiger charge is -2.18. The average Bonchev–Trinajstić information content (AvgIpc) is 3.36. The van der Waals surface area contributed by atoms with Crippen molar-refractivity contribution in [1.82, 2.24) is 9.55 Å². The molecule has 1 atom stereocenters. The first-order valence-corrected chi connectivity index (χ1v) is 10.5. The van der Waals surface area contributed by atoms with Crippen molar-refractivity contribution in [2.24, 2.45) is 0 Å². The standard InChI is InChI=1S/C22H18FN3O5S/c1-13(25-18-9-5-6-10-19(18)31-22(25)29)20(28)30-11-15-12-32-21(24-15)26(14(2)27)17-8-4-3-7-16(17)23/h3-10,12-13H,11H2,1-2H3/t13-/m1/s1. The summed E-state index contributed by atoms with van der Waals surface area (Å²) in [5, 5.41) is 1.86. The number of hydrogen-bond acceptors (Lipinski definition) is 7. The molecule has 0 radical (unpaired) electrons. The minimum Gasteiger partial charge on any atom is -0.458 e. The van der Waals surface area contributed by atoms with Crippen LogP contribution in [0.1, 0.15) is 25.6 Å². The lowest BCUT2D eigenvalue weighted by molar-refractivity contribution is -0.148. The zero-order valence-electron chi connectivity index (χ0n) is 17.1. The third-order valence-corrected chi connectivity index (χ3v) is 5.62. The van der Waals surface area contributed by atoms with Crippen LogP contribution < -0.4 is 10.7 Å². The van der Waals surface area contributed by atoms with E-state index in [0.29, 0.717) is 16.8 Å². The Kier molecular flexibility index (Phi) is 5.87. The molecule has 0 aliphatic rings. The van der Waals surface area contributed by atoms with Gasteiger partial charge in [0.1, 0.15) is 18.5 Å². The summed E-state index contributed by atoms with van der Waals surface area (Å²) in [5.41, 5.74) is 1.33. The highest BCUT2D eigenvalue weighted by Gasteiger charge is 2.24. The van der Waals surface area contributed by atoms with Crippen molar-refractivity contribution in [2.45, 2.75) is 26.5 Å². The maximum Gasteiger partial charge on any atom is 0.420 e. The second kappa shape index (κ2) is 8.75. The fraction of sp³-hybridized carbons (Fsp3) is 0.182. The van der Waals surface area contributed by atoms with E-state index < -0.39 is 29.5 Å². The number of nitrogens with zero attached hydrogens (tertiary/aromatic N) is 3. The summed E-state index contributed by atoms with van der Waals surface area (Å²) in [6.45, 7) is 2.67. The number of aromatic nitrogens is 2. The predicted molar refractivity (Wildman–Crippen MR) is 116 cm³/mol. The SMILES string of the molecule is CC(=O)N(c1nc(COC(=O)[C@@H](C)n2c(=O)oc3ccccc32)cs1)c1ccccc1F. The number of amides is 1. The molecule has 0 spiro atoms. The number of halogens is 1. The van der Waals surface area contributed by atoms with Crippen LogP contribution in [-0.4, -0.2) is 21.4 Å². The highest BCUT2D eigenvalue weighted by molar-refractivity contribution is 7.14. The van der Waals surface area contributed by atoms with Gasteiger partial charge >= 0.3 is 11.7 Å². The molecule has 2 aromatic heterocycles. The molecule has 0 saturated carbocycles. The fourth-order valence-electron chi connectivity index (χ4n) is 3.23. The lowest BCUT2D eigenvalue weighted by Crippen LogP contribution is -2.26. The highest BCUT2D eigenvalue weighted by atomic mass is 32.1. The smallest absolute Gasteiger partial charge is 0.420 e. The topological polar surface area (TPSA) is 94.6 Å². The summed E-state index contributed by atoms with van der Waals surface area (Å²) >= 11 is 1.12. The van der Waals surface area contributed by atoms with Crippen molar-refractivity contribution in [1.29, 1.82) is 0 Å². The third-order valence-electron chi connectivity index (χ3n) is 4.75. The van der Waals surface area contributed by atoms with E-state index in [1.165, 1.54) is 36.6 Å². The second-order valence-corrected chi connectivity index (χ2v) is 7.75. The van der Waals surface area contributed by atoms with E-state index in [1.807, 2.05) is 0 Å². The van der Waals surface area contributed by atoms with Crippen LogP contribution in [0.5, 0.6) is 0 Å². The molecule has 0 N–H and O–H groups in total. The first-order valence-electron chi connectivity index (χ1n) is 9.63. The maximum absolute atomic E-state index is 14.2. The van der Waals surface area contributed by atoms with Crippen LogP contribution in [0.15, 0.2) is 63.1 Å². The van der Waals surface area contributed by atoms with Crippen molar-refractivity contribution in [3.63, 3.8) is 0 Å². The summed E-state index contributed by atoms with van der Waals surface area (Å²) in [4.78, 5) is 42.3. The molecule has 0 unspecified atom stereocenters. The molecule has 0 aliphatic carbocycles. The molecule has 4 aromatic rings. The zero-order valence-corrected chi connectivity index (χ0v) is 18.0. The van der Waals surface area contributed by atoms with Gasteiger partial charge in [-0.1, -0.05) is 24.3 Å². The van der Waals surface area contributed by atoms with Crippen molar-refractivity contribution < 1.29 is 23.1 Å². The van der Waals surface area contributed by atoms with Crippen LogP contribution in [0.3, 0.4) is 0 Å². The second-order valence-electron chi connectivity index (χ2n) is 6.92. The van der Waals surface area contributed by atoms with Gasteiger partial charge in [0.15, 0.2) is 10.7 Å². The summed E-state index contributed by atoms with van der Waals surface area (Å²) < 4.78 is 25.9. The van der Waals surface area contributed by atoms with E-state index in [1.54, 1.807) is 35.7 Å². The zero-order chi connectivity index (χ0) is 22.8. The molecular weight excluding hydrogens is 437 g/mol. The molecular formula is C22H18FN3O5S. The van der Waals surface area contributed by atoms with Crippen LogP contribution in [0, 0.1) is 5.82 Å². The number of carbonyl (C=O) groups is 2. The normalized spacial score (nSPS) is 12.0. The average molecular weight is 455 g/mol. The van der Waals surface area contributed by atoms with Gasteiger partial charge in [0, 0.05) is 12.3 Å². The molecule has 0 saturated heterocycles. The van der Waals surface area contributed by atoms with Crippen LogP contribution in [-0.2, 0) is 20.9 Å². The molecule has 2 aromatic carbocycles. The van der Waals surface area contributed by atoms with Crippen molar-refractivity contribution in [3.05, 3.63) is 76.0 Å². The van der Waals surface area contributed by atoms with Crippen molar-refractivity contribution in [3.8, 4) is 0 Å². The van der Waals surface area contributed by atoms with Gasteiger partial charge in [-0.15, -0.1) is 11.3 Å². The minimum absolute atomic E-state index is 0.0812. The number of rotatable bonds is 6. The number of thiazole rings is 1. The van der Waals surface area contributed by atoms with E-state index in [9.17, 15) is 18.8 Å². The number of anilines is 2. The maximum atomic E-state index is 14.2. The number of oxazole rings is 1. The van der Waals surface area contributed by atoms with Gasteiger partial charge in [-0.05, 0) is 31.2 Å². The first-order chi connectivity index (χ1) is 15.4. The molecule has 0 bridgehead atoms. The van der Waals surface area contributed by atoms with E-state index in [0.717, 1.165) is 16.2 Å². The Labute approximate surface area is 185 Å². The largest absolute Gasteiger partial charge is 0.458 e. The molecule has 164 valence electrons. The van der Waals surface area contributed by atoms with Gasteiger partial charge in [0.05, 0.1) is 16.9 Å². The quantitative estimate of drug-likeness (QED) is 0.405. The number of carbonyl (C=O) groups excluding carboxylic acids is 2. The number of esters is 1. The predicted octanol–water partition coefficient (Wildman–Crippen LogP) is 4.18. The van der Waals surface area contributed by atoms with Crippen LogP contribution in [0.2, 0.25) is 0 Å². The molecule has 4 rings (SSSR count).